The SMILES string of the molecule is Nc1ccc(Oc2ccc(N)c(Br)c2CC[N+](=O)[O-])c(CC[N+](=O)[O-])c1. The van der Waals surface area contributed by atoms with Gasteiger partial charge in [-0.05, 0) is 46.3 Å². The molecular formula is C16H17BrN4O5. The number of benzene rings is 2. The molecule has 2 rings (SSSR count). The summed E-state index contributed by atoms with van der Waals surface area (Å²) in [6.45, 7) is -0.548. The van der Waals surface area contributed by atoms with Crippen LogP contribution < -0.4 is 16.2 Å². The lowest BCUT2D eigenvalue weighted by Crippen LogP contribution is -2.08. The van der Waals surface area contributed by atoms with Crippen molar-refractivity contribution in [2.75, 3.05) is 24.6 Å². The van der Waals surface area contributed by atoms with Crippen LogP contribution in [0.3, 0.4) is 0 Å². The fourth-order valence-electron chi connectivity index (χ4n) is 2.38. The average molecular weight is 425 g/mol. The zero-order chi connectivity index (χ0) is 19.3. The van der Waals surface area contributed by atoms with Crippen LogP contribution in [-0.2, 0) is 12.8 Å². The highest BCUT2D eigenvalue weighted by molar-refractivity contribution is 9.10. The zero-order valence-electron chi connectivity index (χ0n) is 13.7. The van der Waals surface area contributed by atoms with Gasteiger partial charge in [0.15, 0.2) is 0 Å². The molecule has 0 heterocycles. The summed E-state index contributed by atoms with van der Waals surface area (Å²) in [5.74, 6) is 0.792. The van der Waals surface area contributed by atoms with Crippen LogP contribution in [0, 0.1) is 20.2 Å². The van der Waals surface area contributed by atoms with Gasteiger partial charge in [0.25, 0.3) is 0 Å². The molecule has 10 heteroatoms. The van der Waals surface area contributed by atoms with E-state index in [0.717, 1.165) is 0 Å². The van der Waals surface area contributed by atoms with Crippen molar-refractivity contribution >= 4 is 27.3 Å². The van der Waals surface area contributed by atoms with E-state index in [1.54, 1.807) is 30.3 Å². The van der Waals surface area contributed by atoms with E-state index in [2.05, 4.69) is 15.9 Å². The van der Waals surface area contributed by atoms with Gasteiger partial charge in [0.1, 0.15) is 11.5 Å². The van der Waals surface area contributed by atoms with Gasteiger partial charge in [0, 0.05) is 49.7 Å². The van der Waals surface area contributed by atoms with Gasteiger partial charge in [-0.1, -0.05) is 0 Å². The molecule has 0 radical (unpaired) electrons. The van der Waals surface area contributed by atoms with Crippen LogP contribution in [0.15, 0.2) is 34.8 Å². The largest absolute Gasteiger partial charge is 0.457 e. The molecule has 0 spiro atoms. The third-order valence-electron chi connectivity index (χ3n) is 3.64. The molecule has 0 fully saturated rings. The lowest BCUT2D eigenvalue weighted by atomic mass is 10.1. The molecule has 4 N–H and O–H groups in total. The number of nitro groups is 2. The molecule has 26 heavy (non-hydrogen) atoms. The number of hydrogen-bond donors (Lipinski definition) is 2. The van der Waals surface area contributed by atoms with Crippen LogP contribution >= 0.6 is 15.9 Å². The first-order valence-corrected chi connectivity index (χ1v) is 8.44. The third kappa shape index (κ3) is 5.06. The zero-order valence-corrected chi connectivity index (χ0v) is 15.3. The first-order chi connectivity index (χ1) is 12.3. The Morgan fingerprint density at radius 3 is 2.23 bits per heavy atom. The molecule has 0 bridgehead atoms. The summed E-state index contributed by atoms with van der Waals surface area (Å²) in [4.78, 5) is 20.5. The predicted molar refractivity (Wildman–Crippen MR) is 101 cm³/mol. The van der Waals surface area contributed by atoms with Crippen molar-refractivity contribution in [1.29, 1.82) is 0 Å². The summed E-state index contributed by atoms with van der Waals surface area (Å²) in [7, 11) is 0. The first-order valence-electron chi connectivity index (χ1n) is 7.64. The Kier molecular flexibility index (Phi) is 6.34. The molecule has 0 saturated carbocycles. The molecule has 0 atom stereocenters. The molecule has 0 aromatic heterocycles. The highest BCUT2D eigenvalue weighted by atomic mass is 79.9. The van der Waals surface area contributed by atoms with E-state index in [9.17, 15) is 20.2 Å². The average Bonchev–Trinajstić information content (AvgIpc) is 2.57. The number of halogens is 1. The number of rotatable bonds is 8. The highest BCUT2D eigenvalue weighted by Gasteiger charge is 2.16. The monoisotopic (exact) mass is 424 g/mol. The summed E-state index contributed by atoms with van der Waals surface area (Å²) >= 11 is 3.34. The molecule has 2 aromatic carbocycles. The number of nitrogens with zero attached hydrogens (tertiary/aromatic N) is 2. The third-order valence-corrected chi connectivity index (χ3v) is 4.58. The summed E-state index contributed by atoms with van der Waals surface area (Å²) in [5.41, 5.74) is 13.6. The van der Waals surface area contributed by atoms with Crippen LogP contribution in [0.4, 0.5) is 11.4 Å². The number of hydrogen-bond acceptors (Lipinski definition) is 7. The molecule has 0 aliphatic rings. The van der Waals surface area contributed by atoms with E-state index in [1.807, 2.05) is 0 Å². The molecule has 2 aromatic rings. The maximum absolute atomic E-state index is 10.7. The van der Waals surface area contributed by atoms with Gasteiger partial charge in [-0.2, -0.15) is 0 Å². The second-order valence-electron chi connectivity index (χ2n) is 5.53. The Morgan fingerprint density at radius 1 is 0.962 bits per heavy atom. The Bertz CT molecular complexity index is 844. The quantitative estimate of drug-likeness (QED) is 0.375. The van der Waals surface area contributed by atoms with Crippen molar-refractivity contribution < 1.29 is 14.6 Å². The van der Waals surface area contributed by atoms with E-state index < -0.39 is 9.85 Å². The van der Waals surface area contributed by atoms with Gasteiger partial charge in [-0.15, -0.1) is 0 Å². The Labute approximate surface area is 157 Å². The van der Waals surface area contributed by atoms with Gasteiger partial charge in [0.05, 0.1) is 0 Å². The molecule has 9 nitrogen and oxygen atoms in total. The number of nitrogen functional groups attached to an aromatic ring is 2. The maximum Gasteiger partial charge on any atom is 0.208 e. The van der Waals surface area contributed by atoms with Crippen LogP contribution in [0.1, 0.15) is 11.1 Å². The molecular weight excluding hydrogens is 408 g/mol. The molecule has 0 unspecified atom stereocenters. The topological polar surface area (TPSA) is 148 Å². The number of anilines is 2. The van der Waals surface area contributed by atoms with Crippen LogP contribution in [0.5, 0.6) is 11.5 Å². The van der Waals surface area contributed by atoms with E-state index in [1.165, 1.54) is 0 Å². The Hall–Kier alpha value is -2.88. The Balaban J connectivity index is 2.37. The van der Waals surface area contributed by atoms with Gasteiger partial charge in [-0.25, -0.2) is 0 Å². The minimum atomic E-state index is -0.425. The van der Waals surface area contributed by atoms with Crippen molar-refractivity contribution in [3.8, 4) is 11.5 Å². The summed E-state index contributed by atoms with van der Waals surface area (Å²) in [5, 5.41) is 21.4. The van der Waals surface area contributed by atoms with Crippen LogP contribution in [-0.4, -0.2) is 22.9 Å². The summed E-state index contributed by atoms with van der Waals surface area (Å²) < 4.78 is 6.44. The predicted octanol–water partition coefficient (Wildman–Crippen LogP) is 3.04. The minimum absolute atomic E-state index is 0.118. The smallest absolute Gasteiger partial charge is 0.208 e. The van der Waals surface area contributed by atoms with E-state index >= 15 is 0 Å². The van der Waals surface area contributed by atoms with E-state index in [-0.39, 0.29) is 25.9 Å². The summed E-state index contributed by atoms with van der Waals surface area (Å²) in [6, 6.07) is 8.08. The summed E-state index contributed by atoms with van der Waals surface area (Å²) in [6.07, 6.45) is 0.265. The fraction of sp³-hybridized carbons (Fsp3) is 0.250. The standard InChI is InChI=1S/C16H17BrN4O5/c17-16-12(6-8-21(24)25)15(4-2-13(16)19)26-14-3-1-11(18)9-10(14)5-7-20(22)23/h1-4,9H,5-8,18-19H2. The molecule has 0 aliphatic carbocycles. The first kappa shape index (κ1) is 19.4. The van der Waals surface area contributed by atoms with Crippen LogP contribution in [0.2, 0.25) is 0 Å². The van der Waals surface area contributed by atoms with E-state index in [4.69, 9.17) is 16.2 Å². The minimum Gasteiger partial charge on any atom is -0.457 e. The lowest BCUT2D eigenvalue weighted by molar-refractivity contribution is -0.479. The van der Waals surface area contributed by atoms with Gasteiger partial charge < -0.3 is 16.2 Å². The molecule has 0 saturated heterocycles. The van der Waals surface area contributed by atoms with E-state index in [0.29, 0.717) is 38.5 Å². The van der Waals surface area contributed by atoms with Gasteiger partial charge >= 0.3 is 0 Å². The second-order valence-corrected chi connectivity index (χ2v) is 6.32. The van der Waals surface area contributed by atoms with Crippen molar-refractivity contribution in [2.45, 2.75) is 12.8 Å². The number of nitrogens with two attached hydrogens (primary N) is 2. The fourth-order valence-corrected chi connectivity index (χ4v) is 2.90. The van der Waals surface area contributed by atoms with Gasteiger partial charge in [-0.3, -0.25) is 20.2 Å². The van der Waals surface area contributed by atoms with Crippen molar-refractivity contribution in [2.24, 2.45) is 0 Å². The number of ether oxygens (including phenoxy) is 1. The highest BCUT2D eigenvalue weighted by Crippen LogP contribution is 2.36. The lowest BCUT2D eigenvalue weighted by Gasteiger charge is -2.16. The van der Waals surface area contributed by atoms with Crippen molar-refractivity contribution in [3.05, 3.63) is 66.2 Å². The van der Waals surface area contributed by atoms with Crippen molar-refractivity contribution in [3.63, 3.8) is 0 Å². The molecule has 0 aliphatic heterocycles. The van der Waals surface area contributed by atoms with Crippen LogP contribution in [0.25, 0.3) is 0 Å². The molecule has 0 amide bonds. The van der Waals surface area contributed by atoms with Gasteiger partial charge in [0.2, 0.25) is 13.1 Å². The second kappa shape index (κ2) is 8.48. The normalized spacial score (nSPS) is 10.5. The Morgan fingerprint density at radius 2 is 1.58 bits per heavy atom. The molecule has 138 valence electrons. The maximum atomic E-state index is 10.7. The van der Waals surface area contributed by atoms with Crippen molar-refractivity contribution in [1.82, 2.24) is 0 Å².